The van der Waals surface area contributed by atoms with Crippen LogP contribution in [0.5, 0.6) is 0 Å². The van der Waals surface area contributed by atoms with E-state index in [2.05, 4.69) is 5.32 Å². The molecule has 164 valence electrons. The van der Waals surface area contributed by atoms with E-state index in [0.717, 1.165) is 21.6 Å². The molecule has 0 fully saturated rings. The lowest BCUT2D eigenvalue weighted by Gasteiger charge is -2.13. The van der Waals surface area contributed by atoms with Gasteiger partial charge in [-0.15, -0.1) is 11.3 Å². The third kappa shape index (κ3) is 4.13. The van der Waals surface area contributed by atoms with Crippen LogP contribution in [0.2, 0.25) is 5.02 Å². The Labute approximate surface area is 193 Å². The van der Waals surface area contributed by atoms with E-state index < -0.39 is 5.69 Å². The summed E-state index contributed by atoms with van der Waals surface area (Å²) in [5.41, 5.74) is 2.27. The summed E-state index contributed by atoms with van der Waals surface area (Å²) >= 11 is 7.41. The molecule has 0 spiro atoms. The van der Waals surface area contributed by atoms with Gasteiger partial charge in [-0.3, -0.25) is 18.7 Å². The average molecular weight is 468 g/mol. The fourth-order valence-electron chi connectivity index (χ4n) is 3.61. The number of amides is 1. The second kappa shape index (κ2) is 8.76. The predicted octanol–water partition coefficient (Wildman–Crippen LogP) is 4.49. The van der Waals surface area contributed by atoms with Crippen molar-refractivity contribution in [1.29, 1.82) is 0 Å². The Kier molecular flexibility index (Phi) is 6.04. The third-order valence-electron chi connectivity index (χ3n) is 5.49. The highest BCUT2D eigenvalue weighted by atomic mass is 35.5. The maximum absolute atomic E-state index is 13.4. The molecule has 2 aromatic carbocycles. The average Bonchev–Trinajstić information content (AvgIpc) is 3.06. The molecule has 6 nitrogen and oxygen atoms in total. The monoisotopic (exact) mass is 467 g/mol. The zero-order valence-corrected chi connectivity index (χ0v) is 19.5. The van der Waals surface area contributed by atoms with Gasteiger partial charge in [0.25, 0.3) is 5.56 Å². The standard InChI is InChI=1S/C24H22ClN3O3S/c1-14-9-10-18(25)11-19(14)26-20(29)13-28-23-21(15(2)16(3)32-23)22(30)27(24(28)31)12-17-7-5-4-6-8-17/h4-11H,12-13H2,1-3H3,(H,26,29). The molecule has 4 aromatic rings. The molecule has 1 N–H and O–H groups in total. The highest BCUT2D eigenvalue weighted by Crippen LogP contribution is 2.27. The first kappa shape index (κ1) is 22.0. The number of rotatable bonds is 5. The zero-order chi connectivity index (χ0) is 23.0. The molecule has 4 rings (SSSR count). The number of carbonyl (C=O) groups excluding carboxylic acids is 1. The van der Waals surface area contributed by atoms with Crippen molar-refractivity contribution in [2.45, 2.75) is 33.9 Å². The Bertz CT molecular complexity index is 1450. The number of nitrogens with zero attached hydrogens (tertiary/aromatic N) is 2. The first-order valence-electron chi connectivity index (χ1n) is 10.1. The van der Waals surface area contributed by atoms with E-state index in [-0.39, 0.29) is 24.6 Å². The lowest BCUT2D eigenvalue weighted by Crippen LogP contribution is -2.41. The molecule has 1 amide bonds. The second-order valence-electron chi connectivity index (χ2n) is 7.72. The van der Waals surface area contributed by atoms with Crippen LogP contribution in [-0.2, 0) is 17.9 Å². The number of nitrogens with one attached hydrogen (secondary N) is 1. The minimum Gasteiger partial charge on any atom is -0.324 e. The molecular formula is C24H22ClN3O3S. The number of hydrogen-bond donors (Lipinski definition) is 1. The molecule has 0 saturated heterocycles. The van der Waals surface area contributed by atoms with Gasteiger partial charge in [0, 0.05) is 15.6 Å². The van der Waals surface area contributed by atoms with Gasteiger partial charge in [0.2, 0.25) is 5.91 Å². The van der Waals surface area contributed by atoms with Gasteiger partial charge in [0.1, 0.15) is 11.4 Å². The summed E-state index contributed by atoms with van der Waals surface area (Å²) < 4.78 is 2.59. The number of benzene rings is 2. The first-order chi connectivity index (χ1) is 15.3. The number of hydrogen-bond acceptors (Lipinski definition) is 4. The van der Waals surface area contributed by atoms with Gasteiger partial charge in [0.15, 0.2) is 0 Å². The van der Waals surface area contributed by atoms with Gasteiger partial charge >= 0.3 is 5.69 Å². The summed E-state index contributed by atoms with van der Waals surface area (Å²) in [5, 5.41) is 3.82. The Balaban J connectivity index is 1.80. The summed E-state index contributed by atoms with van der Waals surface area (Å²) in [6.45, 7) is 5.56. The topological polar surface area (TPSA) is 73.1 Å². The lowest BCUT2D eigenvalue weighted by atomic mass is 10.2. The Hall–Kier alpha value is -3.16. The van der Waals surface area contributed by atoms with Crippen molar-refractivity contribution in [3.63, 3.8) is 0 Å². The van der Waals surface area contributed by atoms with Crippen molar-refractivity contribution in [2.24, 2.45) is 0 Å². The molecule has 0 aliphatic heterocycles. The van der Waals surface area contributed by atoms with E-state index in [1.54, 1.807) is 12.1 Å². The lowest BCUT2D eigenvalue weighted by molar-refractivity contribution is -0.116. The van der Waals surface area contributed by atoms with Crippen LogP contribution in [0.25, 0.3) is 10.2 Å². The Morgan fingerprint density at radius 2 is 1.75 bits per heavy atom. The molecule has 0 aliphatic rings. The normalized spacial score (nSPS) is 11.1. The zero-order valence-electron chi connectivity index (χ0n) is 17.9. The minimum atomic E-state index is -0.509. The van der Waals surface area contributed by atoms with E-state index in [0.29, 0.717) is 20.9 Å². The highest BCUT2D eigenvalue weighted by molar-refractivity contribution is 7.18. The molecule has 0 saturated carbocycles. The number of halogens is 1. The fourth-order valence-corrected chi connectivity index (χ4v) is 4.93. The molecule has 0 radical (unpaired) electrons. The summed E-state index contributed by atoms with van der Waals surface area (Å²) in [7, 11) is 0. The number of carbonyl (C=O) groups is 1. The largest absolute Gasteiger partial charge is 0.332 e. The van der Waals surface area contributed by atoms with Crippen molar-refractivity contribution < 1.29 is 4.79 Å². The van der Waals surface area contributed by atoms with Crippen LogP contribution < -0.4 is 16.6 Å². The maximum Gasteiger partial charge on any atom is 0.332 e. The Morgan fingerprint density at radius 3 is 2.47 bits per heavy atom. The van der Waals surface area contributed by atoms with Crippen LogP contribution in [0.1, 0.15) is 21.6 Å². The summed E-state index contributed by atoms with van der Waals surface area (Å²) in [6, 6.07) is 14.6. The molecule has 2 aromatic heterocycles. The van der Waals surface area contributed by atoms with E-state index in [9.17, 15) is 14.4 Å². The van der Waals surface area contributed by atoms with E-state index >= 15 is 0 Å². The minimum absolute atomic E-state index is 0.137. The molecule has 32 heavy (non-hydrogen) atoms. The summed E-state index contributed by atoms with van der Waals surface area (Å²) in [6.07, 6.45) is 0. The number of thiophene rings is 1. The molecule has 0 atom stereocenters. The molecule has 0 bridgehead atoms. The van der Waals surface area contributed by atoms with Crippen molar-refractivity contribution in [1.82, 2.24) is 9.13 Å². The molecule has 0 aliphatic carbocycles. The van der Waals surface area contributed by atoms with E-state index in [1.165, 1.54) is 20.5 Å². The van der Waals surface area contributed by atoms with Crippen molar-refractivity contribution >= 4 is 44.7 Å². The van der Waals surface area contributed by atoms with Crippen LogP contribution in [0.3, 0.4) is 0 Å². The second-order valence-corrected chi connectivity index (χ2v) is 9.36. The number of aromatic nitrogens is 2. The predicted molar refractivity (Wildman–Crippen MR) is 130 cm³/mol. The molecule has 2 heterocycles. The first-order valence-corrected chi connectivity index (χ1v) is 11.3. The highest BCUT2D eigenvalue weighted by Gasteiger charge is 2.20. The van der Waals surface area contributed by atoms with E-state index in [4.69, 9.17) is 11.6 Å². The third-order valence-corrected chi connectivity index (χ3v) is 6.96. The van der Waals surface area contributed by atoms with E-state index in [1.807, 2.05) is 57.2 Å². The number of fused-ring (bicyclic) bond motifs is 1. The number of anilines is 1. The maximum atomic E-state index is 13.4. The summed E-state index contributed by atoms with van der Waals surface area (Å²) in [5.74, 6) is -0.368. The van der Waals surface area contributed by atoms with Crippen LogP contribution in [0.4, 0.5) is 5.69 Å². The molecule has 0 unspecified atom stereocenters. The van der Waals surface area contributed by atoms with Gasteiger partial charge in [0.05, 0.1) is 11.9 Å². The number of aryl methyl sites for hydroxylation is 3. The van der Waals surface area contributed by atoms with Crippen LogP contribution >= 0.6 is 22.9 Å². The molecule has 8 heteroatoms. The van der Waals surface area contributed by atoms with Gasteiger partial charge in [-0.05, 0) is 49.6 Å². The van der Waals surface area contributed by atoms with Crippen LogP contribution in [0, 0.1) is 20.8 Å². The quantitative estimate of drug-likeness (QED) is 0.470. The SMILES string of the molecule is Cc1ccc(Cl)cc1NC(=O)Cn1c(=O)n(Cc2ccccc2)c(=O)c2c(C)c(C)sc21. The van der Waals surface area contributed by atoms with Crippen molar-refractivity contribution in [3.05, 3.63) is 96.0 Å². The summed E-state index contributed by atoms with van der Waals surface area (Å²) in [4.78, 5) is 41.0. The smallest absolute Gasteiger partial charge is 0.324 e. The van der Waals surface area contributed by atoms with Gasteiger partial charge in [-0.2, -0.15) is 0 Å². The van der Waals surface area contributed by atoms with Gasteiger partial charge in [-0.25, -0.2) is 4.79 Å². The fraction of sp³-hybridized carbons (Fsp3) is 0.208. The van der Waals surface area contributed by atoms with Crippen LogP contribution in [-0.4, -0.2) is 15.0 Å². The van der Waals surface area contributed by atoms with Crippen molar-refractivity contribution in [3.8, 4) is 0 Å². The van der Waals surface area contributed by atoms with Crippen molar-refractivity contribution in [2.75, 3.05) is 5.32 Å². The van der Waals surface area contributed by atoms with Gasteiger partial charge in [-0.1, -0.05) is 48.0 Å². The van der Waals surface area contributed by atoms with Gasteiger partial charge < -0.3 is 5.32 Å². The molecular weight excluding hydrogens is 446 g/mol. The van der Waals surface area contributed by atoms with Crippen LogP contribution in [0.15, 0.2) is 58.1 Å². The Morgan fingerprint density at radius 1 is 1.03 bits per heavy atom.